The number of hydrogen-bond donors (Lipinski definition) is 1. The fraction of sp³-hybridized carbons (Fsp3) is 0.136. The van der Waals surface area contributed by atoms with Gasteiger partial charge in [0.1, 0.15) is 11.8 Å². The summed E-state index contributed by atoms with van der Waals surface area (Å²) >= 11 is 0. The lowest BCUT2D eigenvalue weighted by Crippen LogP contribution is -2.35. The molecule has 0 bridgehead atoms. The minimum atomic E-state index is -3.31. The van der Waals surface area contributed by atoms with Gasteiger partial charge in [0.15, 0.2) is 0 Å². The summed E-state index contributed by atoms with van der Waals surface area (Å²) in [5, 5.41) is 4.34. The van der Waals surface area contributed by atoms with Crippen molar-refractivity contribution in [2.24, 2.45) is 0 Å². The van der Waals surface area contributed by atoms with Crippen LogP contribution in [0.2, 0.25) is 0 Å². The molecule has 144 valence electrons. The zero-order chi connectivity index (χ0) is 20.0. The quantitative estimate of drug-likeness (QED) is 0.491. The molecule has 5 nitrogen and oxygen atoms in total. The highest BCUT2D eigenvalue weighted by molar-refractivity contribution is 7.77. The van der Waals surface area contributed by atoms with E-state index in [0.29, 0.717) is 21.9 Å². The molecule has 6 heteroatoms. The first-order valence-corrected chi connectivity index (χ1v) is 10.5. The molecule has 0 amide bonds. The molecule has 0 aliphatic carbocycles. The average molecular weight is 395 g/mol. The summed E-state index contributed by atoms with van der Waals surface area (Å²) in [6.45, 7) is 0. The van der Waals surface area contributed by atoms with E-state index >= 15 is 0 Å². The maximum Gasteiger partial charge on any atom is 0.327 e. The van der Waals surface area contributed by atoms with Crippen molar-refractivity contribution in [3.8, 4) is 5.75 Å². The molecule has 28 heavy (non-hydrogen) atoms. The summed E-state index contributed by atoms with van der Waals surface area (Å²) < 4.78 is 24.4. The SMILES string of the molecule is COC(=O)[C@@H](NP(=O)(c1ccccc1)c1ccccc1)c1ccc(OC)cc1. The van der Waals surface area contributed by atoms with Crippen molar-refractivity contribution in [3.05, 3.63) is 90.5 Å². The van der Waals surface area contributed by atoms with Crippen LogP contribution in [0.3, 0.4) is 0 Å². The van der Waals surface area contributed by atoms with Gasteiger partial charge >= 0.3 is 5.97 Å². The van der Waals surface area contributed by atoms with Gasteiger partial charge in [0.2, 0.25) is 7.29 Å². The number of carbonyl (C=O) groups is 1. The molecule has 0 saturated carbocycles. The van der Waals surface area contributed by atoms with E-state index in [1.807, 2.05) is 36.4 Å². The van der Waals surface area contributed by atoms with Crippen molar-refractivity contribution >= 4 is 23.9 Å². The summed E-state index contributed by atoms with van der Waals surface area (Å²) in [7, 11) is -0.424. The monoisotopic (exact) mass is 395 g/mol. The highest BCUT2D eigenvalue weighted by atomic mass is 31.2. The molecule has 0 saturated heterocycles. The second-order valence-electron chi connectivity index (χ2n) is 6.14. The third kappa shape index (κ3) is 4.16. The Kier molecular flexibility index (Phi) is 6.30. The van der Waals surface area contributed by atoms with E-state index in [9.17, 15) is 9.36 Å². The largest absolute Gasteiger partial charge is 0.497 e. The third-order valence-corrected chi connectivity index (χ3v) is 7.11. The molecule has 3 rings (SSSR count). The van der Waals surface area contributed by atoms with E-state index in [4.69, 9.17) is 9.47 Å². The standard InChI is InChI=1S/C22H22NO4P/c1-26-18-15-13-17(14-16-18)21(22(24)27-2)23-28(25,19-9-5-3-6-10-19)20-11-7-4-8-12-20/h3-16,21H,1-2H3,(H,23,25)/t21-/m0/s1. The lowest BCUT2D eigenvalue weighted by molar-refractivity contribution is -0.142. The van der Waals surface area contributed by atoms with Gasteiger partial charge in [-0.05, 0) is 42.0 Å². The van der Waals surface area contributed by atoms with Crippen molar-refractivity contribution < 1.29 is 18.8 Å². The Morgan fingerprint density at radius 2 is 1.32 bits per heavy atom. The van der Waals surface area contributed by atoms with Gasteiger partial charge in [-0.25, -0.2) is 9.88 Å². The van der Waals surface area contributed by atoms with Crippen LogP contribution in [-0.2, 0) is 14.1 Å². The maximum atomic E-state index is 14.2. The summed E-state index contributed by atoms with van der Waals surface area (Å²) in [5.41, 5.74) is 0.639. The van der Waals surface area contributed by atoms with E-state index in [1.165, 1.54) is 7.11 Å². The zero-order valence-electron chi connectivity index (χ0n) is 15.7. The molecule has 0 aliphatic rings. The van der Waals surface area contributed by atoms with Crippen LogP contribution in [0.15, 0.2) is 84.9 Å². The number of rotatable bonds is 7. The molecule has 0 fully saturated rings. The van der Waals surface area contributed by atoms with Crippen LogP contribution < -0.4 is 20.4 Å². The molecule has 1 N–H and O–H groups in total. The Hall–Kier alpha value is -2.88. The van der Waals surface area contributed by atoms with E-state index < -0.39 is 19.3 Å². The van der Waals surface area contributed by atoms with Crippen molar-refractivity contribution in [3.63, 3.8) is 0 Å². The van der Waals surface area contributed by atoms with Gasteiger partial charge in [-0.3, -0.25) is 4.57 Å². The summed E-state index contributed by atoms with van der Waals surface area (Å²) in [4.78, 5) is 12.6. The number of methoxy groups -OCH3 is 2. The highest BCUT2D eigenvalue weighted by Gasteiger charge is 2.34. The Morgan fingerprint density at radius 1 is 0.821 bits per heavy atom. The van der Waals surface area contributed by atoms with Crippen LogP contribution in [0.25, 0.3) is 0 Å². The van der Waals surface area contributed by atoms with Crippen LogP contribution in [0, 0.1) is 0 Å². The van der Waals surface area contributed by atoms with Crippen LogP contribution >= 0.6 is 7.29 Å². The topological polar surface area (TPSA) is 64.6 Å². The van der Waals surface area contributed by atoms with Gasteiger partial charge in [0.05, 0.1) is 14.2 Å². The Bertz CT molecular complexity index is 915. The number of esters is 1. The molecule has 0 heterocycles. The van der Waals surface area contributed by atoms with Crippen molar-refractivity contribution in [1.82, 2.24) is 5.09 Å². The average Bonchev–Trinajstić information content (AvgIpc) is 2.78. The van der Waals surface area contributed by atoms with Crippen molar-refractivity contribution in [1.29, 1.82) is 0 Å². The molecule has 0 unspecified atom stereocenters. The van der Waals surface area contributed by atoms with Gasteiger partial charge in [0.25, 0.3) is 0 Å². The molecular weight excluding hydrogens is 373 g/mol. The van der Waals surface area contributed by atoms with Gasteiger partial charge in [-0.15, -0.1) is 0 Å². The van der Waals surface area contributed by atoms with Crippen molar-refractivity contribution in [2.75, 3.05) is 14.2 Å². The zero-order valence-corrected chi connectivity index (χ0v) is 16.6. The maximum absolute atomic E-state index is 14.2. The van der Waals surface area contributed by atoms with Crippen LogP contribution in [0.5, 0.6) is 5.75 Å². The van der Waals surface area contributed by atoms with Crippen LogP contribution in [0.1, 0.15) is 11.6 Å². The van der Waals surface area contributed by atoms with Gasteiger partial charge in [-0.2, -0.15) is 0 Å². The lowest BCUT2D eigenvalue weighted by atomic mass is 10.1. The molecule has 1 atom stereocenters. The molecule has 0 radical (unpaired) electrons. The summed E-state index contributed by atoms with van der Waals surface area (Å²) in [6, 6.07) is 24.3. The number of ether oxygens (including phenoxy) is 2. The highest BCUT2D eigenvalue weighted by Crippen LogP contribution is 2.42. The molecule has 3 aromatic rings. The van der Waals surface area contributed by atoms with Crippen molar-refractivity contribution in [2.45, 2.75) is 6.04 Å². The second kappa shape index (κ2) is 8.87. The Morgan fingerprint density at radius 3 is 1.75 bits per heavy atom. The van der Waals surface area contributed by atoms with E-state index in [2.05, 4.69) is 5.09 Å². The molecular formula is C22H22NO4P. The molecule has 3 aromatic carbocycles. The van der Waals surface area contributed by atoms with Gasteiger partial charge < -0.3 is 9.47 Å². The minimum absolute atomic E-state index is 0.516. The predicted molar refractivity (Wildman–Crippen MR) is 111 cm³/mol. The first kappa shape index (κ1) is 19.9. The first-order valence-electron chi connectivity index (χ1n) is 8.79. The van der Waals surface area contributed by atoms with Gasteiger partial charge in [0, 0.05) is 10.6 Å². The van der Waals surface area contributed by atoms with E-state index in [-0.39, 0.29) is 0 Å². The Balaban J connectivity index is 2.08. The predicted octanol–water partition coefficient (Wildman–Crippen LogP) is 3.43. The smallest absolute Gasteiger partial charge is 0.327 e. The normalized spacial score (nSPS) is 12.2. The van der Waals surface area contributed by atoms with Crippen LogP contribution in [-0.4, -0.2) is 20.2 Å². The molecule has 0 aromatic heterocycles. The second-order valence-corrected chi connectivity index (χ2v) is 8.65. The Labute approximate surface area is 164 Å². The number of carbonyl (C=O) groups excluding carboxylic acids is 1. The van der Waals surface area contributed by atoms with E-state index in [1.54, 1.807) is 55.6 Å². The number of nitrogens with one attached hydrogen (secondary N) is 1. The minimum Gasteiger partial charge on any atom is -0.497 e. The summed E-state index contributed by atoms with van der Waals surface area (Å²) in [5.74, 6) is 0.152. The third-order valence-electron chi connectivity index (χ3n) is 4.44. The first-order chi connectivity index (χ1) is 13.6. The summed E-state index contributed by atoms with van der Waals surface area (Å²) in [6.07, 6.45) is 0. The number of hydrogen-bond acceptors (Lipinski definition) is 4. The van der Waals surface area contributed by atoms with Gasteiger partial charge in [-0.1, -0.05) is 48.5 Å². The fourth-order valence-electron chi connectivity index (χ4n) is 2.93. The lowest BCUT2D eigenvalue weighted by Gasteiger charge is -2.26. The fourth-order valence-corrected chi connectivity index (χ4v) is 5.33. The van der Waals surface area contributed by atoms with Crippen LogP contribution in [0.4, 0.5) is 0 Å². The van der Waals surface area contributed by atoms with E-state index in [0.717, 1.165) is 0 Å². The molecule has 0 aliphatic heterocycles. The molecule has 0 spiro atoms. The number of benzene rings is 3.